The molecule has 1 N–H and O–H groups in total. The number of nitrogens with one attached hydrogen (secondary N) is 1. The number of likely N-dealkylation sites (tertiary alicyclic amines) is 1. The molecule has 0 saturated carbocycles. The van der Waals surface area contributed by atoms with Crippen molar-refractivity contribution in [3.63, 3.8) is 0 Å². The number of aryl methyl sites for hydroxylation is 2. The molecule has 0 aliphatic carbocycles. The lowest BCUT2D eigenvalue weighted by molar-refractivity contribution is 0.164. The molecular formula is C20H27N5O. The van der Waals surface area contributed by atoms with E-state index >= 15 is 0 Å². The Morgan fingerprint density at radius 1 is 1.31 bits per heavy atom. The number of para-hydroxylation sites is 2. The molecule has 26 heavy (non-hydrogen) atoms. The summed E-state index contributed by atoms with van der Waals surface area (Å²) in [6.45, 7) is 5.19. The van der Waals surface area contributed by atoms with Gasteiger partial charge in [-0.1, -0.05) is 12.1 Å². The minimum Gasteiger partial charge on any atom is -0.481 e. The first kappa shape index (κ1) is 17.1. The van der Waals surface area contributed by atoms with E-state index in [9.17, 15) is 0 Å². The number of benzene rings is 1. The van der Waals surface area contributed by atoms with Gasteiger partial charge in [-0.25, -0.2) is 9.67 Å². The highest BCUT2D eigenvalue weighted by atomic mass is 16.5. The van der Waals surface area contributed by atoms with Gasteiger partial charge in [-0.05, 0) is 44.4 Å². The fourth-order valence-corrected chi connectivity index (χ4v) is 4.18. The number of aromatic nitrogens is 4. The van der Waals surface area contributed by atoms with Crippen LogP contribution in [0.1, 0.15) is 29.9 Å². The molecule has 0 unspecified atom stereocenters. The minimum absolute atomic E-state index is 0.632. The number of methoxy groups -OCH3 is 1. The summed E-state index contributed by atoms with van der Waals surface area (Å²) in [5.41, 5.74) is 4.46. The Morgan fingerprint density at radius 3 is 2.96 bits per heavy atom. The molecule has 2 aromatic heterocycles. The zero-order valence-electron chi connectivity index (χ0n) is 15.8. The number of piperidine rings is 1. The normalized spacial score (nSPS) is 18.5. The molecule has 1 aliphatic heterocycles. The van der Waals surface area contributed by atoms with Crippen molar-refractivity contribution in [2.24, 2.45) is 13.0 Å². The van der Waals surface area contributed by atoms with Crippen molar-refractivity contribution >= 4 is 11.0 Å². The summed E-state index contributed by atoms with van der Waals surface area (Å²) in [5, 5.41) is 4.51. The summed E-state index contributed by atoms with van der Waals surface area (Å²) in [6.07, 6.45) is 3.50. The molecule has 4 rings (SSSR count). The molecule has 0 bridgehead atoms. The number of hydrogen-bond acceptors (Lipinski definition) is 4. The van der Waals surface area contributed by atoms with Crippen LogP contribution in [0.3, 0.4) is 0 Å². The number of aromatic amines is 1. The Morgan fingerprint density at radius 2 is 2.15 bits per heavy atom. The zero-order valence-corrected chi connectivity index (χ0v) is 15.8. The number of H-pyrrole nitrogens is 1. The fraction of sp³-hybridized carbons (Fsp3) is 0.500. The molecular weight excluding hydrogens is 326 g/mol. The van der Waals surface area contributed by atoms with E-state index in [0.717, 1.165) is 54.5 Å². The number of hydrogen-bond donors (Lipinski definition) is 1. The van der Waals surface area contributed by atoms with E-state index in [4.69, 9.17) is 9.72 Å². The summed E-state index contributed by atoms with van der Waals surface area (Å²) < 4.78 is 7.39. The summed E-state index contributed by atoms with van der Waals surface area (Å²) in [7, 11) is 3.66. The zero-order chi connectivity index (χ0) is 18.1. The van der Waals surface area contributed by atoms with Gasteiger partial charge in [0.2, 0.25) is 5.88 Å². The molecule has 3 heterocycles. The summed E-state index contributed by atoms with van der Waals surface area (Å²) in [4.78, 5) is 10.8. The third-order valence-corrected chi connectivity index (χ3v) is 5.39. The molecule has 6 heteroatoms. The van der Waals surface area contributed by atoms with Gasteiger partial charge in [0.1, 0.15) is 5.82 Å². The topological polar surface area (TPSA) is 59.0 Å². The maximum atomic E-state index is 5.55. The smallest absolute Gasteiger partial charge is 0.216 e. The molecule has 1 aliphatic rings. The maximum absolute atomic E-state index is 5.55. The largest absolute Gasteiger partial charge is 0.481 e. The van der Waals surface area contributed by atoms with Crippen LogP contribution < -0.4 is 4.74 Å². The van der Waals surface area contributed by atoms with Gasteiger partial charge >= 0.3 is 0 Å². The highest BCUT2D eigenvalue weighted by Crippen LogP contribution is 2.27. The lowest BCUT2D eigenvalue weighted by Gasteiger charge is -2.32. The molecule has 0 spiro atoms. The van der Waals surface area contributed by atoms with E-state index < -0.39 is 0 Å². The Bertz CT molecular complexity index is 864. The number of rotatable bonds is 5. The Hall–Kier alpha value is -2.34. The van der Waals surface area contributed by atoms with Gasteiger partial charge in [0, 0.05) is 26.6 Å². The minimum atomic E-state index is 0.632. The number of ether oxygens (including phenoxy) is 1. The molecule has 1 saturated heterocycles. The van der Waals surface area contributed by atoms with Crippen LogP contribution in [0.15, 0.2) is 24.3 Å². The molecule has 1 aromatic carbocycles. The standard InChI is InChI=1S/C20H27N5O/c1-14-16(20(26-3)24(2)23-14)13-25-10-6-7-15(12-25)11-19-21-17-8-4-5-9-18(17)22-19/h4-5,8-9,15H,6-7,10-13H2,1-3H3,(H,21,22)/t15-/m0/s1. The van der Waals surface area contributed by atoms with Crippen LogP contribution >= 0.6 is 0 Å². The SMILES string of the molecule is COc1c(CN2CCC[C@@H](Cc3nc4ccccc4[nH]3)C2)c(C)nn1C. The molecule has 1 atom stereocenters. The Labute approximate surface area is 154 Å². The van der Waals surface area contributed by atoms with E-state index in [1.807, 2.05) is 17.8 Å². The van der Waals surface area contributed by atoms with Crippen LogP contribution in [0.25, 0.3) is 11.0 Å². The predicted octanol–water partition coefficient (Wildman–Crippen LogP) is 3.07. The summed E-state index contributed by atoms with van der Waals surface area (Å²) in [5.74, 6) is 2.61. The number of nitrogens with zero attached hydrogens (tertiary/aromatic N) is 4. The lowest BCUT2D eigenvalue weighted by atomic mass is 9.94. The van der Waals surface area contributed by atoms with Gasteiger partial charge in [-0.15, -0.1) is 0 Å². The molecule has 3 aromatic rings. The van der Waals surface area contributed by atoms with E-state index in [2.05, 4.69) is 40.1 Å². The average molecular weight is 353 g/mol. The second kappa shape index (κ2) is 7.11. The van der Waals surface area contributed by atoms with Crippen LogP contribution in [-0.2, 0) is 20.0 Å². The van der Waals surface area contributed by atoms with Crippen LogP contribution in [0, 0.1) is 12.8 Å². The molecule has 6 nitrogen and oxygen atoms in total. The van der Waals surface area contributed by atoms with Crippen LogP contribution in [0.2, 0.25) is 0 Å². The predicted molar refractivity (Wildman–Crippen MR) is 102 cm³/mol. The Kier molecular flexibility index (Phi) is 4.68. The second-order valence-corrected chi connectivity index (χ2v) is 7.34. The number of imidazole rings is 1. The van der Waals surface area contributed by atoms with Gasteiger partial charge in [-0.2, -0.15) is 5.10 Å². The highest BCUT2D eigenvalue weighted by Gasteiger charge is 2.24. The number of fused-ring (bicyclic) bond motifs is 1. The first-order valence-electron chi connectivity index (χ1n) is 9.36. The summed E-state index contributed by atoms with van der Waals surface area (Å²) in [6, 6.07) is 8.26. The van der Waals surface area contributed by atoms with Crippen molar-refractivity contribution < 1.29 is 4.74 Å². The molecule has 138 valence electrons. The first-order chi connectivity index (χ1) is 12.6. The molecule has 0 amide bonds. The third kappa shape index (κ3) is 3.33. The van der Waals surface area contributed by atoms with Gasteiger partial charge < -0.3 is 9.72 Å². The Balaban J connectivity index is 1.44. The third-order valence-electron chi connectivity index (χ3n) is 5.39. The molecule has 0 radical (unpaired) electrons. The van der Waals surface area contributed by atoms with Crippen molar-refractivity contribution in [1.82, 2.24) is 24.6 Å². The van der Waals surface area contributed by atoms with Gasteiger partial charge in [0.15, 0.2) is 0 Å². The quantitative estimate of drug-likeness (QED) is 0.766. The van der Waals surface area contributed by atoms with Crippen molar-refractivity contribution in [2.45, 2.75) is 32.7 Å². The van der Waals surface area contributed by atoms with Crippen molar-refractivity contribution in [3.05, 3.63) is 41.3 Å². The van der Waals surface area contributed by atoms with Crippen molar-refractivity contribution in [2.75, 3.05) is 20.2 Å². The fourth-order valence-electron chi connectivity index (χ4n) is 4.18. The van der Waals surface area contributed by atoms with Crippen molar-refractivity contribution in [1.29, 1.82) is 0 Å². The van der Waals surface area contributed by atoms with E-state index in [-0.39, 0.29) is 0 Å². The van der Waals surface area contributed by atoms with Gasteiger partial charge in [0.25, 0.3) is 0 Å². The van der Waals surface area contributed by atoms with E-state index in [1.54, 1.807) is 7.11 Å². The summed E-state index contributed by atoms with van der Waals surface area (Å²) >= 11 is 0. The lowest BCUT2D eigenvalue weighted by Crippen LogP contribution is -2.36. The average Bonchev–Trinajstić information content (AvgIpc) is 3.15. The maximum Gasteiger partial charge on any atom is 0.216 e. The van der Waals surface area contributed by atoms with Gasteiger partial charge in [0.05, 0.1) is 29.4 Å². The highest BCUT2D eigenvalue weighted by molar-refractivity contribution is 5.74. The second-order valence-electron chi connectivity index (χ2n) is 7.34. The monoisotopic (exact) mass is 353 g/mol. The van der Waals surface area contributed by atoms with Gasteiger partial charge in [-0.3, -0.25) is 4.90 Å². The van der Waals surface area contributed by atoms with E-state index in [0.29, 0.717) is 5.92 Å². The van der Waals surface area contributed by atoms with Crippen LogP contribution in [0.5, 0.6) is 5.88 Å². The van der Waals surface area contributed by atoms with Crippen LogP contribution in [0.4, 0.5) is 0 Å². The van der Waals surface area contributed by atoms with Crippen molar-refractivity contribution in [3.8, 4) is 5.88 Å². The molecule has 1 fully saturated rings. The van der Waals surface area contributed by atoms with Crippen LogP contribution in [-0.4, -0.2) is 44.8 Å². The van der Waals surface area contributed by atoms with E-state index in [1.165, 1.54) is 18.4 Å². The first-order valence-corrected chi connectivity index (χ1v) is 9.36.